The molecule has 0 bridgehead atoms. The average Bonchev–Trinajstić information content (AvgIpc) is 2.12. The molecular formula is C14H22N2. The second-order valence-electron chi connectivity index (χ2n) is 5.03. The summed E-state index contributed by atoms with van der Waals surface area (Å²) in [7, 11) is 2.22. The van der Waals surface area contributed by atoms with Crippen LogP contribution in [0.15, 0.2) is 6.07 Å². The lowest BCUT2D eigenvalue weighted by Crippen LogP contribution is -2.56. The van der Waals surface area contributed by atoms with E-state index in [1.807, 2.05) is 0 Å². The summed E-state index contributed by atoms with van der Waals surface area (Å²) in [5.41, 5.74) is 7.09. The van der Waals surface area contributed by atoms with Crippen LogP contribution in [-0.4, -0.2) is 26.2 Å². The van der Waals surface area contributed by atoms with Crippen molar-refractivity contribution in [2.75, 3.05) is 25.0 Å². The quantitative estimate of drug-likeness (QED) is 0.819. The molecule has 0 aromatic heterocycles. The molecule has 0 spiro atoms. The van der Waals surface area contributed by atoms with E-state index in [9.17, 15) is 0 Å². The molecule has 0 saturated carbocycles. The van der Waals surface area contributed by atoms with Gasteiger partial charge in [0.25, 0.3) is 0 Å². The van der Waals surface area contributed by atoms with E-state index in [0.29, 0.717) is 6.04 Å². The molecule has 88 valence electrons. The molecule has 0 amide bonds. The molecule has 1 N–H and O–H groups in total. The highest BCUT2D eigenvalue weighted by molar-refractivity contribution is 5.64. The van der Waals surface area contributed by atoms with Crippen LogP contribution in [0.3, 0.4) is 0 Å². The van der Waals surface area contributed by atoms with E-state index in [4.69, 9.17) is 0 Å². The van der Waals surface area contributed by atoms with Crippen LogP contribution in [-0.2, 0) is 0 Å². The fourth-order valence-corrected chi connectivity index (χ4v) is 2.45. The largest absolute Gasteiger partial charge is 0.369 e. The molecule has 1 aliphatic rings. The third kappa shape index (κ3) is 1.71. The number of nitrogens with zero attached hydrogens (tertiary/aromatic N) is 1. The van der Waals surface area contributed by atoms with Gasteiger partial charge in [-0.3, -0.25) is 0 Å². The van der Waals surface area contributed by atoms with Crippen molar-refractivity contribution in [1.82, 2.24) is 5.32 Å². The molecule has 1 fully saturated rings. The van der Waals surface area contributed by atoms with Gasteiger partial charge in [0, 0.05) is 25.8 Å². The summed E-state index contributed by atoms with van der Waals surface area (Å²) in [6.45, 7) is 11.1. The number of rotatable bonds is 2. The van der Waals surface area contributed by atoms with Gasteiger partial charge in [-0.2, -0.15) is 0 Å². The Hall–Kier alpha value is -1.02. The van der Waals surface area contributed by atoms with Gasteiger partial charge < -0.3 is 10.2 Å². The van der Waals surface area contributed by atoms with Crippen molar-refractivity contribution < 1.29 is 0 Å². The number of benzene rings is 1. The number of likely N-dealkylation sites (N-methyl/N-ethyl adjacent to an activating group) is 1. The first-order valence-electron chi connectivity index (χ1n) is 6.03. The Balaban J connectivity index is 2.45. The molecule has 0 unspecified atom stereocenters. The van der Waals surface area contributed by atoms with E-state index in [1.54, 1.807) is 0 Å². The van der Waals surface area contributed by atoms with E-state index in [-0.39, 0.29) is 0 Å². The zero-order chi connectivity index (χ0) is 11.9. The smallest absolute Gasteiger partial charge is 0.0535 e. The maximum atomic E-state index is 3.34. The van der Waals surface area contributed by atoms with Crippen LogP contribution >= 0.6 is 0 Å². The SMILES string of the molecule is Cc1cc(C)c(C)c(N(C)C2CNC2)c1C. The molecule has 0 radical (unpaired) electrons. The van der Waals surface area contributed by atoms with Crippen molar-refractivity contribution in [3.05, 3.63) is 28.3 Å². The Kier molecular flexibility index (Phi) is 2.94. The number of hydrogen-bond donors (Lipinski definition) is 1. The minimum absolute atomic E-state index is 0.665. The van der Waals surface area contributed by atoms with Crippen LogP contribution in [0.1, 0.15) is 22.3 Å². The van der Waals surface area contributed by atoms with Crippen LogP contribution < -0.4 is 10.2 Å². The lowest BCUT2D eigenvalue weighted by molar-refractivity contribution is 0.428. The van der Waals surface area contributed by atoms with Gasteiger partial charge in [-0.15, -0.1) is 0 Å². The predicted molar refractivity (Wildman–Crippen MR) is 70.5 cm³/mol. The Bertz CT molecular complexity index is 379. The summed E-state index contributed by atoms with van der Waals surface area (Å²) in [5.74, 6) is 0. The monoisotopic (exact) mass is 218 g/mol. The van der Waals surface area contributed by atoms with Crippen LogP contribution in [0, 0.1) is 27.7 Å². The molecule has 1 heterocycles. The third-order valence-corrected chi connectivity index (χ3v) is 3.99. The molecule has 1 saturated heterocycles. The minimum atomic E-state index is 0.665. The van der Waals surface area contributed by atoms with Crippen LogP contribution in [0.5, 0.6) is 0 Å². The van der Waals surface area contributed by atoms with E-state index in [1.165, 1.54) is 27.9 Å². The molecule has 16 heavy (non-hydrogen) atoms. The Morgan fingerprint density at radius 1 is 1.06 bits per heavy atom. The zero-order valence-corrected chi connectivity index (χ0v) is 11.0. The Morgan fingerprint density at radius 3 is 1.94 bits per heavy atom. The Morgan fingerprint density at radius 2 is 1.56 bits per heavy atom. The first-order chi connectivity index (χ1) is 7.52. The fraction of sp³-hybridized carbons (Fsp3) is 0.571. The summed E-state index contributed by atoms with van der Waals surface area (Å²) < 4.78 is 0. The van der Waals surface area contributed by atoms with Gasteiger partial charge in [0.1, 0.15) is 0 Å². The van der Waals surface area contributed by atoms with Crippen LogP contribution in [0.4, 0.5) is 5.69 Å². The summed E-state index contributed by atoms with van der Waals surface area (Å²) in [6, 6.07) is 2.96. The van der Waals surface area contributed by atoms with E-state index in [0.717, 1.165) is 13.1 Å². The first kappa shape index (κ1) is 11.5. The van der Waals surface area contributed by atoms with Gasteiger partial charge >= 0.3 is 0 Å². The second kappa shape index (κ2) is 4.10. The summed E-state index contributed by atoms with van der Waals surface area (Å²) >= 11 is 0. The summed E-state index contributed by atoms with van der Waals surface area (Å²) in [5, 5.41) is 3.34. The number of nitrogens with one attached hydrogen (secondary N) is 1. The lowest BCUT2D eigenvalue weighted by Gasteiger charge is -2.39. The minimum Gasteiger partial charge on any atom is -0.369 e. The fourth-order valence-electron chi connectivity index (χ4n) is 2.45. The van der Waals surface area contributed by atoms with Crippen molar-refractivity contribution in [3.63, 3.8) is 0 Å². The number of aryl methyl sites for hydroxylation is 2. The molecular weight excluding hydrogens is 196 g/mol. The van der Waals surface area contributed by atoms with Crippen LogP contribution in [0.25, 0.3) is 0 Å². The highest BCUT2D eigenvalue weighted by atomic mass is 15.2. The molecule has 1 aliphatic heterocycles. The second-order valence-corrected chi connectivity index (χ2v) is 5.03. The van der Waals surface area contributed by atoms with Crippen molar-refractivity contribution in [3.8, 4) is 0 Å². The van der Waals surface area contributed by atoms with Gasteiger partial charge in [0.2, 0.25) is 0 Å². The zero-order valence-electron chi connectivity index (χ0n) is 11.0. The third-order valence-electron chi connectivity index (χ3n) is 3.99. The highest BCUT2D eigenvalue weighted by Gasteiger charge is 2.24. The first-order valence-corrected chi connectivity index (χ1v) is 6.03. The highest BCUT2D eigenvalue weighted by Crippen LogP contribution is 2.30. The van der Waals surface area contributed by atoms with E-state index in [2.05, 4.69) is 51.0 Å². The van der Waals surface area contributed by atoms with Gasteiger partial charge in [-0.1, -0.05) is 6.07 Å². The summed E-state index contributed by atoms with van der Waals surface area (Å²) in [6.07, 6.45) is 0. The normalized spacial score (nSPS) is 16.1. The maximum Gasteiger partial charge on any atom is 0.0535 e. The molecule has 2 rings (SSSR count). The molecule has 1 aromatic carbocycles. The van der Waals surface area contributed by atoms with Gasteiger partial charge in [-0.05, 0) is 49.9 Å². The lowest BCUT2D eigenvalue weighted by atomic mass is 9.96. The van der Waals surface area contributed by atoms with Gasteiger partial charge in [0.05, 0.1) is 6.04 Å². The number of hydrogen-bond acceptors (Lipinski definition) is 2. The molecule has 1 aromatic rings. The van der Waals surface area contributed by atoms with Crippen molar-refractivity contribution in [1.29, 1.82) is 0 Å². The van der Waals surface area contributed by atoms with E-state index >= 15 is 0 Å². The van der Waals surface area contributed by atoms with Crippen molar-refractivity contribution in [2.45, 2.75) is 33.7 Å². The van der Waals surface area contributed by atoms with Gasteiger partial charge in [-0.25, -0.2) is 0 Å². The van der Waals surface area contributed by atoms with E-state index < -0.39 is 0 Å². The average molecular weight is 218 g/mol. The maximum absolute atomic E-state index is 3.34. The van der Waals surface area contributed by atoms with Crippen molar-refractivity contribution in [2.24, 2.45) is 0 Å². The Labute approximate surface area is 98.7 Å². The standard InChI is InChI=1S/C14H22N2/c1-9-6-10(2)12(4)14(11(9)3)16(5)13-7-15-8-13/h6,13,15H,7-8H2,1-5H3. The van der Waals surface area contributed by atoms with Crippen molar-refractivity contribution >= 4 is 5.69 Å². The molecule has 0 atom stereocenters. The van der Waals surface area contributed by atoms with Crippen LogP contribution in [0.2, 0.25) is 0 Å². The topological polar surface area (TPSA) is 15.3 Å². The molecule has 2 nitrogen and oxygen atoms in total. The molecule has 2 heteroatoms. The number of anilines is 1. The predicted octanol–water partition coefficient (Wildman–Crippen LogP) is 2.33. The van der Waals surface area contributed by atoms with Gasteiger partial charge in [0.15, 0.2) is 0 Å². The summed E-state index contributed by atoms with van der Waals surface area (Å²) in [4.78, 5) is 2.45. The molecule has 0 aliphatic carbocycles.